The maximum atomic E-state index is 13.3. The third-order valence-electron chi connectivity index (χ3n) is 2.08. The van der Waals surface area contributed by atoms with Crippen molar-refractivity contribution in [3.8, 4) is 5.75 Å². The predicted molar refractivity (Wildman–Crippen MR) is 68.9 cm³/mol. The van der Waals surface area contributed by atoms with Crippen molar-refractivity contribution in [2.24, 2.45) is 0 Å². The van der Waals surface area contributed by atoms with E-state index in [-0.39, 0.29) is 5.82 Å². The molecule has 0 saturated carbocycles. The molecule has 1 N–H and O–H groups in total. The lowest BCUT2D eigenvalue weighted by Gasteiger charge is -2.10. The Hall–Kier alpha value is -1.06. The Labute approximate surface area is 106 Å². The SMILES string of the molecule is CC(C)NCc1cc(F)cc(OC/C=C/Cl)c1. The minimum absolute atomic E-state index is 0.294. The van der Waals surface area contributed by atoms with Crippen molar-refractivity contribution in [1.29, 1.82) is 0 Å². The highest BCUT2D eigenvalue weighted by molar-refractivity contribution is 6.25. The van der Waals surface area contributed by atoms with Crippen molar-refractivity contribution in [2.45, 2.75) is 26.4 Å². The summed E-state index contributed by atoms with van der Waals surface area (Å²) in [5, 5.41) is 3.23. The van der Waals surface area contributed by atoms with Crippen molar-refractivity contribution >= 4 is 11.6 Å². The molecule has 0 spiro atoms. The average Bonchev–Trinajstić information content (AvgIpc) is 2.26. The van der Waals surface area contributed by atoms with Crippen LogP contribution in [0, 0.1) is 5.82 Å². The van der Waals surface area contributed by atoms with Crippen LogP contribution >= 0.6 is 11.6 Å². The molecule has 17 heavy (non-hydrogen) atoms. The van der Waals surface area contributed by atoms with Crippen molar-refractivity contribution in [1.82, 2.24) is 5.32 Å². The van der Waals surface area contributed by atoms with Crippen LogP contribution in [0.5, 0.6) is 5.75 Å². The zero-order valence-corrected chi connectivity index (χ0v) is 10.8. The highest BCUT2D eigenvalue weighted by atomic mass is 35.5. The largest absolute Gasteiger partial charge is 0.489 e. The second-order valence-electron chi connectivity index (χ2n) is 4.00. The second kappa shape index (κ2) is 7.30. The quantitative estimate of drug-likeness (QED) is 0.843. The van der Waals surface area contributed by atoms with E-state index in [2.05, 4.69) is 5.32 Å². The van der Waals surface area contributed by atoms with Crippen LogP contribution in [0.1, 0.15) is 19.4 Å². The molecule has 4 heteroatoms. The molecule has 2 nitrogen and oxygen atoms in total. The van der Waals surface area contributed by atoms with Gasteiger partial charge in [-0.3, -0.25) is 0 Å². The molecular weight excluding hydrogens is 241 g/mol. The molecule has 0 unspecified atom stereocenters. The van der Waals surface area contributed by atoms with E-state index in [0.717, 1.165) is 5.56 Å². The van der Waals surface area contributed by atoms with Gasteiger partial charge in [-0.05, 0) is 23.8 Å². The smallest absolute Gasteiger partial charge is 0.127 e. The molecule has 0 radical (unpaired) electrons. The van der Waals surface area contributed by atoms with E-state index in [0.29, 0.717) is 24.9 Å². The summed E-state index contributed by atoms with van der Waals surface area (Å²) in [5.41, 5.74) is 2.24. The molecular formula is C13H17ClFNO. The van der Waals surface area contributed by atoms with Gasteiger partial charge >= 0.3 is 0 Å². The standard InChI is InChI=1S/C13H17ClFNO/c1-10(2)16-9-11-6-12(15)8-13(7-11)17-5-3-4-14/h3-4,6-8,10,16H,5,9H2,1-2H3/b4-3+. The van der Waals surface area contributed by atoms with Gasteiger partial charge in [0, 0.05) is 24.2 Å². The number of benzene rings is 1. The van der Waals surface area contributed by atoms with Crippen LogP contribution < -0.4 is 10.1 Å². The summed E-state index contributed by atoms with van der Waals surface area (Å²) in [4.78, 5) is 0. The molecule has 94 valence electrons. The Morgan fingerprint density at radius 3 is 2.82 bits per heavy atom. The van der Waals surface area contributed by atoms with Crippen molar-refractivity contribution in [2.75, 3.05) is 6.61 Å². The van der Waals surface area contributed by atoms with Crippen LogP contribution in [-0.4, -0.2) is 12.6 Å². The molecule has 0 heterocycles. The fraction of sp³-hybridized carbons (Fsp3) is 0.385. The molecule has 0 saturated heterocycles. The van der Waals surface area contributed by atoms with E-state index in [1.54, 1.807) is 6.08 Å². The second-order valence-corrected chi connectivity index (χ2v) is 4.26. The first-order valence-corrected chi connectivity index (χ1v) is 5.96. The van der Waals surface area contributed by atoms with Crippen LogP contribution in [0.3, 0.4) is 0 Å². The molecule has 0 aliphatic carbocycles. The molecule has 0 atom stereocenters. The van der Waals surface area contributed by atoms with Crippen LogP contribution in [0.15, 0.2) is 29.8 Å². The van der Waals surface area contributed by atoms with Crippen molar-refractivity contribution < 1.29 is 9.13 Å². The lowest BCUT2D eigenvalue weighted by Crippen LogP contribution is -2.21. The molecule has 0 fully saturated rings. The summed E-state index contributed by atoms with van der Waals surface area (Å²) < 4.78 is 18.6. The molecule has 1 rings (SSSR count). The van der Waals surface area contributed by atoms with E-state index in [4.69, 9.17) is 16.3 Å². The molecule has 0 aliphatic rings. The minimum atomic E-state index is -0.294. The van der Waals surface area contributed by atoms with Crippen molar-refractivity contribution in [3.63, 3.8) is 0 Å². The lowest BCUT2D eigenvalue weighted by molar-refractivity contribution is 0.360. The van der Waals surface area contributed by atoms with E-state index in [9.17, 15) is 4.39 Å². The predicted octanol–water partition coefficient (Wildman–Crippen LogP) is 3.46. The van der Waals surface area contributed by atoms with Crippen LogP contribution in [0.4, 0.5) is 4.39 Å². The topological polar surface area (TPSA) is 21.3 Å². The Balaban J connectivity index is 2.65. The molecule has 0 aromatic heterocycles. The first-order valence-electron chi connectivity index (χ1n) is 5.52. The zero-order valence-electron chi connectivity index (χ0n) is 10.0. The molecule has 1 aromatic carbocycles. The average molecular weight is 258 g/mol. The maximum absolute atomic E-state index is 13.3. The van der Waals surface area contributed by atoms with Gasteiger partial charge < -0.3 is 10.1 Å². The Kier molecular flexibility index (Phi) is 6.01. The van der Waals surface area contributed by atoms with Crippen LogP contribution in [0.2, 0.25) is 0 Å². The maximum Gasteiger partial charge on any atom is 0.127 e. The first-order chi connectivity index (χ1) is 8.11. The van der Waals surface area contributed by atoms with E-state index in [1.165, 1.54) is 17.7 Å². The summed E-state index contributed by atoms with van der Waals surface area (Å²) in [7, 11) is 0. The summed E-state index contributed by atoms with van der Waals surface area (Å²) in [5.74, 6) is 0.221. The van der Waals surface area contributed by atoms with Crippen LogP contribution in [0.25, 0.3) is 0 Å². The normalized spacial score (nSPS) is 11.4. The molecule has 0 bridgehead atoms. The van der Waals surface area contributed by atoms with Gasteiger partial charge in [-0.2, -0.15) is 0 Å². The first kappa shape index (κ1) is 14.0. The number of ether oxygens (including phenoxy) is 1. The van der Waals surface area contributed by atoms with E-state index in [1.807, 2.05) is 19.9 Å². The number of hydrogen-bond donors (Lipinski definition) is 1. The molecule has 0 amide bonds. The van der Waals surface area contributed by atoms with Gasteiger partial charge in [0.2, 0.25) is 0 Å². The monoisotopic (exact) mass is 257 g/mol. The van der Waals surface area contributed by atoms with Crippen molar-refractivity contribution in [3.05, 3.63) is 41.2 Å². The van der Waals surface area contributed by atoms with Gasteiger partial charge in [0.1, 0.15) is 18.2 Å². The fourth-order valence-electron chi connectivity index (χ4n) is 1.31. The van der Waals surface area contributed by atoms with Gasteiger partial charge in [0.15, 0.2) is 0 Å². The lowest BCUT2D eigenvalue weighted by atomic mass is 10.2. The number of halogens is 2. The number of hydrogen-bond acceptors (Lipinski definition) is 2. The summed E-state index contributed by atoms with van der Waals surface area (Å²) in [6.07, 6.45) is 1.65. The summed E-state index contributed by atoms with van der Waals surface area (Å²) in [6, 6.07) is 5.04. The van der Waals surface area contributed by atoms with E-state index >= 15 is 0 Å². The number of nitrogens with one attached hydrogen (secondary N) is 1. The van der Waals surface area contributed by atoms with Crippen LogP contribution in [-0.2, 0) is 6.54 Å². The summed E-state index contributed by atoms with van der Waals surface area (Å²) >= 11 is 5.37. The number of rotatable bonds is 6. The van der Waals surface area contributed by atoms with Gasteiger partial charge in [-0.1, -0.05) is 25.4 Å². The highest BCUT2D eigenvalue weighted by Gasteiger charge is 2.02. The van der Waals surface area contributed by atoms with E-state index < -0.39 is 0 Å². The fourth-order valence-corrected chi connectivity index (χ4v) is 1.38. The zero-order chi connectivity index (χ0) is 12.7. The van der Waals surface area contributed by atoms with Gasteiger partial charge in [-0.25, -0.2) is 4.39 Å². The Morgan fingerprint density at radius 1 is 1.41 bits per heavy atom. The third kappa shape index (κ3) is 5.71. The Bertz CT molecular complexity index is 380. The molecule has 0 aliphatic heterocycles. The Morgan fingerprint density at radius 2 is 2.18 bits per heavy atom. The minimum Gasteiger partial charge on any atom is -0.489 e. The summed E-state index contributed by atoms with van der Waals surface area (Å²) in [6.45, 7) is 5.05. The third-order valence-corrected chi connectivity index (χ3v) is 2.26. The highest BCUT2D eigenvalue weighted by Crippen LogP contribution is 2.16. The van der Waals surface area contributed by atoms with Gasteiger partial charge in [-0.15, -0.1) is 0 Å². The van der Waals surface area contributed by atoms with Gasteiger partial charge in [0.25, 0.3) is 0 Å². The molecule has 1 aromatic rings. The van der Waals surface area contributed by atoms with Gasteiger partial charge in [0.05, 0.1) is 0 Å².